The minimum absolute atomic E-state index is 0.281. The van der Waals surface area contributed by atoms with E-state index in [1.165, 1.54) is 0 Å². The molecule has 2 N–H and O–H groups in total. The van der Waals surface area contributed by atoms with Crippen LogP contribution < -0.4 is 10.6 Å². The molecular formula is C14H15BrN4O. The Kier molecular flexibility index (Phi) is 4.68. The van der Waals surface area contributed by atoms with E-state index >= 15 is 0 Å². The highest BCUT2D eigenvalue weighted by atomic mass is 79.9. The fourth-order valence-electron chi connectivity index (χ4n) is 1.59. The number of carbonyl (C=O) groups is 1. The van der Waals surface area contributed by atoms with Crippen molar-refractivity contribution < 1.29 is 4.79 Å². The first-order chi connectivity index (χ1) is 9.60. The molecule has 0 saturated heterocycles. The number of carbonyl (C=O) groups excluding carboxylic acids is 1. The second-order valence-electron chi connectivity index (χ2n) is 4.25. The second kappa shape index (κ2) is 6.47. The molecule has 0 spiro atoms. The summed E-state index contributed by atoms with van der Waals surface area (Å²) in [6.07, 6.45) is 0. The number of hydrogen-bond donors (Lipinski definition) is 2. The van der Waals surface area contributed by atoms with Gasteiger partial charge in [-0.15, -0.1) is 10.2 Å². The van der Waals surface area contributed by atoms with Crippen LogP contribution in [0.5, 0.6) is 0 Å². The molecule has 1 heterocycles. The van der Waals surface area contributed by atoms with Crippen LogP contribution >= 0.6 is 15.9 Å². The zero-order valence-electron chi connectivity index (χ0n) is 11.3. The fourth-order valence-corrected chi connectivity index (χ4v) is 1.97. The summed E-state index contributed by atoms with van der Waals surface area (Å²) < 4.78 is 0.948. The van der Waals surface area contributed by atoms with Crippen LogP contribution in [0, 0.1) is 6.92 Å². The summed E-state index contributed by atoms with van der Waals surface area (Å²) in [5.74, 6) is 0.374. The lowest BCUT2D eigenvalue weighted by Gasteiger charge is -2.07. The van der Waals surface area contributed by atoms with Gasteiger partial charge in [-0.1, -0.05) is 22.0 Å². The molecule has 1 amide bonds. The monoisotopic (exact) mass is 334 g/mol. The topological polar surface area (TPSA) is 66.9 Å². The first-order valence-corrected chi connectivity index (χ1v) is 7.04. The standard InChI is InChI=1S/C14H15BrN4O/c1-3-16-13-7-6-12(18-19-13)14(20)17-10-5-4-9(2)11(15)8-10/h4-8H,3H2,1-2H3,(H,16,19)(H,17,20). The number of nitrogens with one attached hydrogen (secondary N) is 2. The Morgan fingerprint density at radius 2 is 2.05 bits per heavy atom. The van der Waals surface area contributed by atoms with Gasteiger partial charge < -0.3 is 10.6 Å². The van der Waals surface area contributed by atoms with Crippen LogP contribution in [0.2, 0.25) is 0 Å². The van der Waals surface area contributed by atoms with E-state index in [2.05, 4.69) is 36.8 Å². The van der Waals surface area contributed by atoms with Gasteiger partial charge in [-0.2, -0.15) is 0 Å². The Balaban J connectivity index is 2.09. The van der Waals surface area contributed by atoms with Crippen molar-refractivity contribution in [3.63, 3.8) is 0 Å². The van der Waals surface area contributed by atoms with Crippen molar-refractivity contribution in [1.29, 1.82) is 0 Å². The van der Waals surface area contributed by atoms with Crippen molar-refractivity contribution in [2.24, 2.45) is 0 Å². The Hall–Kier alpha value is -1.95. The summed E-state index contributed by atoms with van der Waals surface area (Å²) in [6.45, 7) is 4.72. The number of hydrogen-bond acceptors (Lipinski definition) is 4. The first kappa shape index (κ1) is 14.5. The molecule has 0 radical (unpaired) electrons. The number of halogens is 1. The molecule has 0 aliphatic carbocycles. The van der Waals surface area contributed by atoms with Gasteiger partial charge in [0.1, 0.15) is 5.82 Å². The number of aryl methyl sites for hydroxylation is 1. The van der Waals surface area contributed by atoms with Crippen LogP contribution in [0.1, 0.15) is 23.0 Å². The quantitative estimate of drug-likeness (QED) is 0.900. The Labute approximate surface area is 125 Å². The Morgan fingerprint density at radius 3 is 2.65 bits per heavy atom. The molecule has 2 rings (SSSR count). The molecule has 1 aromatic heterocycles. The van der Waals surface area contributed by atoms with Crippen molar-refractivity contribution >= 4 is 33.3 Å². The average molecular weight is 335 g/mol. The minimum Gasteiger partial charge on any atom is -0.369 e. The Bertz CT molecular complexity index is 613. The molecule has 6 heteroatoms. The largest absolute Gasteiger partial charge is 0.369 e. The maximum Gasteiger partial charge on any atom is 0.276 e. The van der Waals surface area contributed by atoms with E-state index in [-0.39, 0.29) is 11.6 Å². The zero-order chi connectivity index (χ0) is 14.5. The van der Waals surface area contributed by atoms with E-state index in [0.717, 1.165) is 16.6 Å². The predicted octanol–water partition coefficient (Wildman–Crippen LogP) is 3.23. The third-order valence-electron chi connectivity index (χ3n) is 2.68. The molecule has 104 valence electrons. The van der Waals surface area contributed by atoms with E-state index in [1.807, 2.05) is 32.0 Å². The number of anilines is 2. The fraction of sp³-hybridized carbons (Fsp3) is 0.214. The first-order valence-electron chi connectivity index (χ1n) is 6.25. The van der Waals surface area contributed by atoms with Crippen molar-refractivity contribution in [1.82, 2.24) is 10.2 Å². The molecule has 2 aromatic rings. The van der Waals surface area contributed by atoms with E-state index < -0.39 is 0 Å². The summed E-state index contributed by atoms with van der Waals surface area (Å²) in [6, 6.07) is 9.01. The molecule has 5 nitrogen and oxygen atoms in total. The molecule has 0 aliphatic heterocycles. The van der Waals surface area contributed by atoms with Crippen molar-refractivity contribution in [3.05, 3.63) is 46.1 Å². The summed E-state index contributed by atoms with van der Waals surface area (Å²) in [5, 5.41) is 13.6. The number of benzene rings is 1. The van der Waals surface area contributed by atoms with Gasteiger partial charge in [0.2, 0.25) is 0 Å². The van der Waals surface area contributed by atoms with Gasteiger partial charge in [-0.25, -0.2) is 0 Å². The highest BCUT2D eigenvalue weighted by molar-refractivity contribution is 9.10. The van der Waals surface area contributed by atoms with Gasteiger partial charge in [0, 0.05) is 16.7 Å². The molecule has 0 bridgehead atoms. The average Bonchev–Trinajstić information content (AvgIpc) is 2.44. The lowest BCUT2D eigenvalue weighted by atomic mass is 10.2. The minimum atomic E-state index is -0.281. The maximum absolute atomic E-state index is 12.0. The van der Waals surface area contributed by atoms with Crippen molar-refractivity contribution in [3.8, 4) is 0 Å². The van der Waals surface area contributed by atoms with E-state index in [4.69, 9.17) is 0 Å². The normalized spacial score (nSPS) is 10.2. The van der Waals surface area contributed by atoms with E-state index in [1.54, 1.807) is 12.1 Å². The van der Waals surface area contributed by atoms with E-state index in [0.29, 0.717) is 11.5 Å². The summed E-state index contributed by atoms with van der Waals surface area (Å²) >= 11 is 3.43. The molecular weight excluding hydrogens is 320 g/mol. The van der Waals surface area contributed by atoms with Crippen LogP contribution in [0.3, 0.4) is 0 Å². The van der Waals surface area contributed by atoms with E-state index in [9.17, 15) is 4.79 Å². The van der Waals surface area contributed by atoms with Crippen molar-refractivity contribution in [2.75, 3.05) is 17.2 Å². The molecule has 20 heavy (non-hydrogen) atoms. The number of rotatable bonds is 4. The molecule has 0 unspecified atom stereocenters. The third kappa shape index (κ3) is 3.54. The SMILES string of the molecule is CCNc1ccc(C(=O)Nc2ccc(C)c(Br)c2)nn1. The summed E-state index contributed by atoms with van der Waals surface area (Å²) in [5.41, 5.74) is 2.10. The van der Waals surface area contributed by atoms with Crippen LogP contribution in [-0.2, 0) is 0 Å². The number of amides is 1. The van der Waals surface area contributed by atoms with Crippen LogP contribution in [0.4, 0.5) is 11.5 Å². The highest BCUT2D eigenvalue weighted by Crippen LogP contribution is 2.20. The number of aromatic nitrogens is 2. The van der Waals surface area contributed by atoms with Crippen molar-refractivity contribution in [2.45, 2.75) is 13.8 Å². The third-order valence-corrected chi connectivity index (χ3v) is 3.54. The van der Waals surface area contributed by atoms with Crippen LogP contribution in [0.25, 0.3) is 0 Å². The van der Waals surface area contributed by atoms with Gasteiger partial charge in [-0.05, 0) is 43.7 Å². The van der Waals surface area contributed by atoms with Gasteiger partial charge in [0.15, 0.2) is 5.69 Å². The molecule has 0 fully saturated rings. The lowest BCUT2D eigenvalue weighted by Crippen LogP contribution is -2.15. The van der Waals surface area contributed by atoms with Gasteiger partial charge >= 0.3 is 0 Å². The predicted molar refractivity (Wildman–Crippen MR) is 83.0 cm³/mol. The van der Waals surface area contributed by atoms with Crippen LogP contribution in [-0.4, -0.2) is 22.6 Å². The second-order valence-corrected chi connectivity index (χ2v) is 5.11. The molecule has 0 saturated carbocycles. The van der Waals surface area contributed by atoms with Gasteiger partial charge in [-0.3, -0.25) is 4.79 Å². The zero-order valence-corrected chi connectivity index (χ0v) is 12.9. The summed E-state index contributed by atoms with van der Waals surface area (Å²) in [4.78, 5) is 12.0. The Morgan fingerprint density at radius 1 is 1.25 bits per heavy atom. The lowest BCUT2D eigenvalue weighted by molar-refractivity contribution is 0.102. The molecule has 1 aromatic carbocycles. The summed E-state index contributed by atoms with van der Waals surface area (Å²) in [7, 11) is 0. The highest BCUT2D eigenvalue weighted by Gasteiger charge is 2.09. The van der Waals surface area contributed by atoms with Gasteiger partial charge in [0.25, 0.3) is 5.91 Å². The smallest absolute Gasteiger partial charge is 0.276 e. The maximum atomic E-state index is 12.0. The number of nitrogens with zero attached hydrogens (tertiary/aromatic N) is 2. The van der Waals surface area contributed by atoms with Crippen LogP contribution in [0.15, 0.2) is 34.8 Å². The molecule has 0 atom stereocenters. The van der Waals surface area contributed by atoms with Gasteiger partial charge in [0.05, 0.1) is 0 Å². The molecule has 0 aliphatic rings.